The van der Waals surface area contributed by atoms with Gasteiger partial charge in [-0.2, -0.15) is 21.0 Å². The number of unbranched alkanes of at least 4 members (excludes halogenated alkanes) is 24. The minimum Gasteiger partial charge on any atom is -0.372 e. The summed E-state index contributed by atoms with van der Waals surface area (Å²) >= 11 is 0. The van der Waals surface area contributed by atoms with Crippen LogP contribution in [0.2, 0.25) is 0 Å². The van der Waals surface area contributed by atoms with Crippen molar-refractivity contribution < 1.29 is 17.6 Å². The van der Waals surface area contributed by atoms with Gasteiger partial charge in [0.15, 0.2) is 23.3 Å². The molecule has 12 heteroatoms. The van der Waals surface area contributed by atoms with Gasteiger partial charge in [0.2, 0.25) is 0 Å². The molecule has 7 aromatic carbocycles. The summed E-state index contributed by atoms with van der Waals surface area (Å²) in [5.74, 6) is 6.07. The van der Waals surface area contributed by atoms with Gasteiger partial charge in [-0.15, -0.1) is 0 Å². The Labute approximate surface area is 708 Å². The molecule has 0 atom stereocenters. The predicted molar refractivity (Wildman–Crippen MR) is 491 cm³/mol. The first kappa shape index (κ1) is 94.6. The molecule has 0 spiro atoms. The maximum absolute atomic E-state index is 18.0. The van der Waals surface area contributed by atoms with E-state index in [0.29, 0.717) is 22.3 Å². The van der Waals surface area contributed by atoms with Gasteiger partial charge in [-0.1, -0.05) is 282 Å². The molecule has 0 radical (unpaired) electrons. The maximum Gasteiger partial charge on any atom is 0.169 e. The van der Waals surface area contributed by atoms with E-state index in [0.717, 1.165) is 227 Å². The molecule has 7 rings (SSSR count). The number of hydrogen-bond acceptors (Lipinski definition) is 8. The third-order valence-electron chi connectivity index (χ3n) is 22.2. The number of anilines is 4. The lowest BCUT2D eigenvalue weighted by atomic mass is 9.86. The topological polar surface area (TPSA) is 108 Å². The Morgan fingerprint density at radius 1 is 0.246 bits per heavy atom. The highest BCUT2D eigenvalue weighted by Gasteiger charge is 2.29. The van der Waals surface area contributed by atoms with Crippen LogP contribution in [0.5, 0.6) is 0 Å². The fourth-order valence-corrected chi connectivity index (χ4v) is 15.2. The number of allylic oxidation sites excluding steroid dienone is 6. The Bertz CT molecular complexity index is 4210. The van der Waals surface area contributed by atoms with Crippen LogP contribution in [0.3, 0.4) is 0 Å². The number of rotatable bonds is 52. The van der Waals surface area contributed by atoms with Gasteiger partial charge in [-0.3, -0.25) is 0 Å². The Hall–Kier alpha value is -10.5. The first-order chi connectivity index (χ1) is 57.8. The third kappa shape index (κ3) is 30.1. The van der Waals surface area contributed by atoms with E-state index in [4.69, 9.17) is 0 Å². The van der Waals surface area contributed by atoms with E-state index in [1.165, 1.54) is 77.0 Å². The van der Waals surface area contributed by atoms with E-state index in [9.17, 15) is 21.0 Å². The Morgan fingerprint density at radius 2 is 0.424 bits per heavy atom. The Morgan fingerprint density at radius 3 is 0.610 bits per heavy atom. The minimum absolute atomic E-state index is 0.0182. The summed E-state index contributed by atoms with van der Waals surface area (Å²) in [7, 11) is 0. The van der Waals surface area contributed by atoms with Crippen molar-refractivity contribution in [2.24, 2.45) is 0 Å². The lowest BCUT2D eigenvalue weighted by Crippen LogP contribution is -2.25. The highest BCUT2D eigenvalue weighted by molar-refractivity contribution is 6.15. The van der Waals surface area contributed by atoms with Crippen LogP contribution in [-0.4, -0.2) is 52.4 Å². The normalized spacial score (nSPS) is 11.2. The van der Waals surface area contributed by atoms with Gasteiger partial charge < -0.3 is 19.6 Å². The molecular weight excluding hydrogens is 1460 g/mol. The molecular formula is C106H130F4N8. The molecule has 0 amide bonds. The van der Waals surface area contributed by atoms with Crippen molar-refractivity contribution in [2.45, 2.75) is 261 Å². The number of nitriles is 4. The summed E-state index contributed by atoms with van der Waals surface area (Å²) in [6.45, 7) is 24.8. The lowest BCUT2D eigenvalue weighted by Gasteiger charge is -2.26. The van der Waals surface area contributed by atoms with Gasteiger partial charge in [0.1, 0.15) is 35.4 Å². The van der Waals surface area contributed by atoms with Crippen LogP contribution in [0.1, 0.15) is 316 Å². The monoisotopic (exact) mass is 1590 g/mol. The van der Waals surface area contributed by atoms with E-state index in [2.05, 4.69) is 123 Å². The quantitative estimate of drug-likeness (QED) is 0.00706. The van der Waals surface area contributed by atoms with E-state index in [1.807, 2.05) is 72.8 Å². The first-order valence-electron chi connectivity index (χ1n) is 44.8. The van der Waals surface area contributed by atoms with E-state index >= 15 is 17.6 Å². The van der Waals surface area contributed by atoms with Crippen LogP contribution >= 0.6 is 0 Å². The first-order valence-corrected chi connectivity index (χ1v) is 44.8. The molecule has 0 bridgehead atoms. The molecule has 0 fully saturated rings. The molecule has 7 aromatic rings. The number of hydrogen-bond donors (Lipinski definition) is 0. The highest BCUT2D eigenvalue weighted by atomic mass is 19.2. The van der Waals surface area contributed by atoms with Gasteiger partial charge in [0.25, 0.3) is 0 Å². The SMILES string of the molecule is CCCCCCN(CCCCCC)c1ccc(C#Cc2ccc(/C(=C/c3c(F)c(F)c(/C=C(/C(=C(C#N)C#N)c4ccc(N(CCCCCC)CCCCCC)cc4)c4ccc(C#Cc5ccc(N(CCCCCC)CCCCCC)cc5)cc4)c(F)c3F)C(=C(C#N)C#N)c3ccc(N(CCCCCC)CCCCCC)cc3)cc2)cc1. The molecule has 0 aromatic heterocycles. The summed E-state index contributed by atoms with van der Waals surface area (Å²) in [5.41, 5.74) is 4.93. The summed E-state index contributed by atoms with van der Waals surface area (Å²) < 4.78 is 71.9. The second-order valence-electron chi connectivity index (χ2n) is 31.4. The second kappa shape index (κ2) is 54.5. The van der Waals surface area contributed by atoms with E-state index in [1.54, 1.807) is 72.8 Å². The fourth-order valence-electron chi connectivity index (χ4n) is 15.2. The van der Waals surface area contributed by atoms with Crippen molar-refractivity contribution in [3.8, 4) is 48.0 Å². The average molecular weight is 1590 g/mol. The van der Waals surface area contributed by atoms with Crippen molar-refractivity contribution in [3.63, 3.8) is 0 Å². The van der Waals surface area contributed by atoms with Gasteiger partial charge in [-0.25, -0.2) is 17.6 Å². The van der Waals surface area contributed by atoms with Crippen LogP contribution in [0.4, 0.5) is 40.3 Å². The zero-order valence-corrected chi connectivity index (χ0v) is 72.4. The molecule has 0 aliphatic rings. The van der Waals surface area contributed by atoms with Crippen LogP contribution in [0.15, 0.2) is 157 Å². The number of halogens is 4. The Kier molecular flexibility index (Phi) is 43.7. The molecule has 622 valence electrons. The van der Waals surface area contributed by atoms with Crippen LogP contribution in [0, 0.1) is 92.3 Å². The molecule has 0 saturated heterocycles. The summed E-state index contributed by atoms with van der Waals surface area (Å²) in [6.07, 6.45) is 37.8. The molecule has 118 heavy (non-hydrogen) atoms. The largest absolute Gasteiger partial charge is 0.372 e. The molecule has 0 aliphatic heterocycles. The molecule has 0 unspecified atom stereocenters. The summed E-state index contributed by atoms with van der Waals surface area (Å²) in [6, 6.07) is 53.1. The minimum atomic E-state index is -1.77. The highest BCUT2D eigenvalue weighted by Crippen LogP contribution is 2.42. The zero-order chi connectivity index (χ0) is 84.5. The second-order valence-corrected chi connectivity index (χ2v) is 31.4. The van der Waals surface area contributed by atoms with Gasteiger partial charge in [0.05, 0.1) is 11.1 Å². The maximum atomic E-state index is 18.0. The van der Waals surface area contributed by atoms with Crippen LogP contribution in [-0.2, 0) is 0 Å². The number of benzene rings is 7. The standard InChI is InChI=1S/C106H130F4N8/c1-9-17-25-33-69-115(70-34-26-18-10-2)93-61-49-85(50-62-93)43-41-83-45-53-87(54-46-83)97(101(91(79-111)80-112)89-57-65-95(66-58-89)117(73-37-29-21-13-5)74-38-30-22-14-6)77-99-103(107)105(109)100(106(110)104(99)108)78-98(102(92(81-113)82-114)90-59-67-96(68-60-90)118(75-39-31-23-15-7)76-40-32-24-16-8)88-55-47-84(48-56-88)42-44-86-51-63-94(64-52-86)116(71-35-27-19-11-3)72-36-28-20-12-4/h45-68,77-78H,9-40,69-76H2,1-8H3/b97-77-,98-78+. The number of nitrogens with zero attached hydrogens (tertiary/aromatic N) is 8. The van der Waals surface area contributed by atoms with E-state index < -0.39 is 45.5 Å². The smallest absolute Gasteiger partial charge is 0.169 e. The zero-order valence-electron chi connectivity index (χ0n) is 72.4. The predicted octanol–water partition coefficient (Wildman–Crippen LogP) is 29.0. The van der Waals surface area contributed by atoms with Crippen molar-refractivity contribution in [2.75, 3.05) is 72.0 Å². The lowest BCUT2D eigenvalue weighted by molar-refractivity contribution is 0.448. The summed E-state index contributed by atoms with van der Waals surface area (Å²) in [5, 5.41) is 43.7. The molecule has 0 saturated carbocycles. The third-order valence-corrected chi connectivity index (χ3v) is 22.2. The van der Waals surface area contributed by atoms with Crippen molar-refractivity contribution >= 4 is 57.2 Å². The molecule has 0 heterocycles. The fraction of sp³-hybridized carbons (Fsp3) is 0.453. The summed E-state index contributed by atoms with van der Waals surface area (Å²) in [4.78, 5) is 9.64. The van der Waals surface area contributed by atoms with Gasteiger partial charge in [0, 0.05) is 109 Å². The van der Waals surface area contributed by atoms with Crippen molar-refractivity contribution in [1.82, 2.24) is 0 Å². The Balaban J connectivity index is 1.41. The van der Waals surface area contributed by atoms with Crippen LogP contribution < -0.4 is 19.6 Å². The van der Waals surface area contributed by atoms with Crippen molar-refractivity contribution in [3.05, 3.63) is 236 Å². The van der Waals surface area contributed by atoms with Crippen molar-refractivity contribution in [1.29, 1.82) is 21.0 Å². The van der Waals surface area contributed by atoms with Crippen LogP contribution in [0.25, 0.3) is 34.4 Å². The molecule has 8 nitrogen and oxygen atoms in total. The van der Waals surface area contributed by atoms with Gasteiger partial charge >= 0.3 is 0 Å². The molecule has 0 N–H and O–H groups in total. The van der Waals surface area contributed by atoms with E-state index in [-0.39, 0.29) is 33.4 Å². The average Bonchev–Trinajstić information content (AvgIpc) is 0.760. The van der Waals surface area contributed by atoms with Gasteiger partial charge in [-0.05, 0) is 194 Å². The molecule has 0 aliphatic carbocycles.